The molecule has 0 aliphatic carbocycles. The number of ether oxygens (including phenoxy) is 3. The summed E-state index contributed by atoms with van der Waals surface area (Å²) in [5.41, 5.74) is 5.24. The molecule has 10 heteroatoms. The van der Waals surface area contributed by atoms with Gasteiger partial charge in [0.25, 0.3) is 5.19 Å². The van der Waals surface area contributed by atoms with Gasteiger partial charge in [0.1, 0.15) is 35.1 Å². The van der Waals surface area contributed by atoms with Crippen LogP contribution < -0.4 is 14.2 Å². The average molecular weight is 503 g/mol. The lowest BCUT2D eigenvalue weighted by molar-refractivity contribution is 0.307. The summed E-state index contributed by atoms with van der Waals surface area (Å²) >= 11 is 1.36. The number of aromatic nitrogens is 4. The first kappa shape index (κ1) is 22.2. The Labute approximate surface area is 209 Å². The number of fused-ring (bicyclic) bond motifs is 2. The third-order valence-corrected chi connectivity index (χ3v) is 6.79. The lowest BCUT2D eigenvalue weighted by Gasteiger charge is -2.10. The molecule has 36 heavy (non-hydrogen) atoms. The molecule has 0 aliphatic rings. The molecule has 0 unspecified atom stereocenters. The molecule has 0 spiro atoms. The fourth-order valence-corrected chi connectivity index (χ4v) is 4.90. The van der Waals surface area contributed by atoms with E-state index in [-0.39, 0.29) is 0 Å². The topological polar surface area (TPSA) is 97.1 Å². The molecule has 0 atom stereocenters. The van der Waals surface area contributed by atoms with E-state index < -0.39 is 0 Å². The van der Waals surface area contributed by atoms with E-state index in [1.165, 1.54) is 11.3 Å². The molecular weight excluding hydrogens is 480 g/mol. The van der Waals surface area contributed by atoms with Crippen LogP contribution in [0.3, 0.4) is 0 Å². The van der Waals surface area contributed by atoms with E-state index >= 15 is 0 Å². The second kappa shape index (κ2) is 8.72. The van der Waals surface area contributed by atoms with Crippen LogP contribution in [0.25, 0.3) is 38.5 Å². The minimum Gasteiger partial charge on any atom is -0.496 e. The summed E-state index contributed by atoms with van der Waals surface area (Å²) in [5.74, 6) is 2.70. The first-order chi connectivity index (χ1) is 17.5. The Morgan fingerprint density at radius 3 is 2.69 bits per heavy atom. The van der Waals surface area contributed by atoms with Crippen molar-refractivity contribution in [2.45, 2.75) is 20.5 Å². The molecule has 0 saturated heterocycles. The van der Waals surface area contributed by atoms with Gasteiger partial charge in [0.15, 0.2) is 5.76 Å². The Hall–Kier alpha value is -4.31. The van der Waals surface area contributed by atoms with Crippen LogP contribution in [0.15, 0.2) is 57.6 Å². The Bertz CT molecular complexity index is 1660. The number of furan rings is 1. The maximum atomic E-state index is 6.27. The zero-order chi connectivity index (χ0) is 24.8. The maximum Gasteiger partial charge on any atom is 0.294 e. The van der Waals surface area contributed by atoms with Crippen molar-refractivity contribution < 1.29 is 23.2 Å². The molecule has 0 amide bonds. The van der Waals surface area contributed by atoms with Crippen molar-refractivity contribution in [1.29, 1.82) is 0 Å². The predicted molar refractivity (Wildman–Crippen MR) is 135 cm³/mol. The highest BCUT2D eigenvalue weighted by molar-refractivity contribution is 7.18. The van der Waals surface area contributed by atoms with Gasteiger partial charge in [-0.1, -0.05) is 23.4 Å². The van der Waals surface area contributed by atoms with E-state index in [2.05, 4.69) is 21.3 Å². The summed E-state index contributed by atoms with van der Waals surface area (Å²) in [7, 11) is 3.20. The second-order valence-corrected chi connectivity index (χ2v) is 9.18. The SMILES string of the molecule is COc1cc(OCc2cccc(-c3c(C)noc3C)c2)c2cc(-c3cn4nc(OC)sc4n3)oc2c1. The third kappa shape index (κ3) is 3.85. The van der Waals surface area contributed by atoms with Crippen molar-refractivity contribution in [1.82, 2.24) is 19.8 Å². The predicted octanol–water partition coefficient (Wildman–Crippen LogP) is 6.07. The van der Waals surface area contributed by atoms with Gasteiger partial charge in [0.05, 0.1) is 31.5 Å². The van der Waals surface area contributed by atoms with Crippen LogP contribution in [0.2, 0.25) is 0 Å². The summed E-state index contributed by atoms with van der Waals surface area (Å²) in [5, 5.41) is 9.78. The van der Waals surface area contributed by atoms with E-state index in [0.29, 0.717) is 40.3 Å². The Morgan fingerprint density at radius 1 is 1.06 bits per heavy atom. The smallest absolute Gasteiger partial charge is 0.294 e. The Kier molecular flexibility index (Phi) is 5.37. The lowest BCUT2D eigenvalue weighted by atomic mass is 10.0. The molecule has 2 aromatic carbocycles. The summed E-state index contributed by atoms with van der Waals surface area (Å²) < 4.78 is 30.1. The molecule has 9 nitrogen and oxygen atoms in total. The highest BCUT2D eigenvalue weighted by Gasteiger charge is 2.18. The van der Waals surface area contributed by atoms with E-state index in [9.17, 15) is 0 Å². The van der Waals surface area contributed by atoms with Crippen molar-refractivity contribution in [2.24, 2.45) is 0 Å². The van der Waals surface area contributed by atoms with Crippen LogP contribution in [-0.4, -0.2) is 34.0 Å². The first-order valence-corrected chi connectivity index (χ1v) is 12.0. The summed E-state index contributed by atoms with van der Waals surface area (Å²) in [6.45, 7) is 4.22. The fraction of sp³-hybridized carbons (Fsp3) is 0.192. The minimum absolute atomic E-state index is 0.365. The number of hydrogen-bond acceptors (Lipinski definition) is 9. The number of benzene rings is 2. The molecule has 0 radical (unpaired) electrons. The number of imidazole rings is 1. The van der Waals surface area contributed by atoms with Crippen molar-refractivity contribution in [3.05, 3.63) is 65.7 Å². The Morgan fingerprint density at radius 2 is 1.94 bits per heavy atom. The van der Waals surface area contributed by atoms with Crippen LogP contribution in [0.1, 0.15) is 17.0 Å². The van der Waals surface area contributed by atoms with Gasteiger partial charge in [0, 0.05) is 17.7 Å². The van der Waals surface area contributed by atoms with Crippen LogP contribution in [0.5, 0.6) is 16.7 Å². The zero-order valence-corrected chi connectivity index (χ0v) is 20.9. The van der Waals surface area contributed by atoms with Gasteiger partial charge >= 0.3 is 0 Å². The third-order valence-electron chi connectivity index (χ3n) is 5.90. The minimum atomic E-state index is 0.365. The molecule has 6 aromatic rings. The standard InChI is InChI=1S/C26H22N4O5S/c1-14-24(15(2)35-29-14)17-7-5-6-16(8-17)13-33-21-9-18(31-3)10-22-19(21)11-23(34-22)20-12-30-25(27-20)36-26(28-30)32-4/h5-12H,13H2,1-4H3. The molecule has 0 saturated carbocycles. The van der Waals surface area contributed by atoms with Gasteiger partial charge in [-0.05, 0) is 48.4 Å². The molecule has 0 aliphatic heterocycles. The van der Waals surface area contributed by atoms with E-state index in [4.69, 9.17) is 23.2 Å². The quantitative estimate of drug-likeness (QED) is 0.259. The van der Waals surface area contributed by atoms with Crippen molar-refractivity contribution >= 4 is 27.3 Å². The van der Waals surface area contributed by atoms with Gasteiger partial charge < -0.3 is 23.2 Å². The number of rotatable bonds is 7. The largest absolute Gasteiger partial charge is 0.496 e. The molecule has 0 bridgehead atoms. The molecule has 6 rings (SSSR count). The monoisotopic (exact) mass is 502 g/mol. The summed E-state index contributed by atoms with van der Waals surface area (Å²) in [4.78, 5) is 5.34. The van der Waals surface area contributed by atoms with Gasteiger partial charge in [-0.15, -0.1) is 5.10 Å². The first-order valence-electron chi connectivity index (χ1n) is 11.2. The summed E-state index contributed by atoms with van der Waals surface area (Å²) in [6.07, 6.45) is 1.81. The van der Waals surface area contributed by atoms with E-state index in [0.717, 1.165) is 38.5 Å². The lowest BCUT2D eigenvalue weighted by Crippen LogP contribution is -1.97. The molecule has 4 heterocycles. The summed E-state index contributed by atoms with van der Waals surface area (Å²) in [6, 6.07) is 13.8. The molecule has 0 fully saturated rings. The van der Waals surface area contributed by atoms with E-state index in [1.807, 2.05) is 56.4 Å². The van der Waals surface area contributed by atoms with Gasteiger partial charge in [0.2, 0.25) is 4.96 Å². The van der Waals surface area contributed by atoms with Crippen LogP contribution in [0, 0.1) is 13.8 Å². The molecule has 4 aromatic heterocycles. The number of nitrogens with zero attached hydrogens (tertiary/aromatic N) is 4. The molecule has 182 valence electrons. The van der Waals surface area contributed by atoms with Crippen LogP contribution >= 0.6 is 11.3 Å². The van der Waals surface area contributed by atoms with Crippen LogP contribution in [-0.2, 0) is 6.61 Å². The maximum absolute atomic E-state index is 6.27. The number of methoxy groups -OCH3 is 2. The number of aryl methyl sites for hydroxylation is 2. The fourth-order valence-electron chi connectivity index (χ4n) is 4.20. The molecule has 0 N–H and O–H groups in total. The number of hydrogen-bond donors (Lipinski definition) is 0. The van der Waals surface area contributed by atoms with Gasteiger partial charge in [-0.2, -0.15) is 0 Å². The van der Waals surface area contributed by atoms with Crippen molar-refractivity contribution in [2.75, 3.05) is 14.2 Å². The van der Waals surface area contributed by atoms with Crippen molar-refractivity contribution in [3.63, 3.8) is 0 Å². The molecular formula is C26H22N4O5S. The van der Waals surface area contributed by atoms with Crippen LogP contribution in [0.4, 0.5) is 0 Å². The van der Waals surface area contributed by atoms with Crippen molar-refractivity contribution in [3.8, 4) is 39.3 Å². The van der Waals surface area contributed by atoms with Gasteiger partial charge in [-0.3, -0.25) is 0 Å². The second-order valence-electron chi connectivity index (χ2n) is 8.26. The zero-order valence-electron chi connectivity index (χ0n) is 20.1. The van der Waals surface area contributed by atoms with Gasteiger partial charge in [-0.25, -0.2) is 9.50 Å². The van der Waals surface area contributed by atoms with E-state index in [1.54, 1.807) is 18.7 Å². The highest BCUT2D eigenvalue weighted by Crippen LogP contribution is 2.38. The Balaban J connectivity index is 1.32. The highest BCUT2D eigenvalue weighted by atomic mass is 32.1. The normalized spacial score (nSPS) is 11.4. The average Bonchev–Trinajstić information content (AvgIpc) is 3.64.